The molecule has 2 rings (SSSR count). The Labute approximate surface area is 89.4 Å². The van der Waals surface area contributed by atoms with Gasteiger partial charge in [0.05, 0.1) is 0 Å². The van der Waals surface area contributed by atoms with Crippen LogP contribution in [0.5, 0.6) is 0 Å². The van der Waals surface area contributed by atoms with Crippen molar-refractivity contribution >= 4 is 11.9 Å². The molecule has 1 aromatic carbocycles. The summed E-state index contributed by atoms with van der Waals surface area (Å²) in [7, 11) is 0. The largest absolute Gasteiger partial charge is 0.290 e. The topological polar surface area (TPSA) is 17.1 Å². The summed E-state index contributed by atoms with van der Waals surface area (Å²) in [5, 5.41) is 0. The Morgan fingerprint density at radius 3 is 2.47 bits per heavy atom. The molecule has 0 N–H and O–H groups in total. The number of carbonyl (C=O) groups excluding carboxylic acids is 1. The Kier molecular flexibility index (Phi) is 2.64. The van der Waals surface area contributed by atoms with Gasteiger partial charge in [-0.1, -0.05) is 36.4 Å². The molecule has 1 heteroatoms. The number of benzene rings is 1. The van der Waals surface area contributed by atoms with Gasteiger partial charge in [0, 0.05) is 0 Å². The minimum absolute atomic E-state index is 0.0673. The Morgan fingerprint density at radius 1 is 1.07 bits per heavy atom. The van der Waals surface area contributed by atoms with Crippen molar-refractivity contribution in [3.63, 3.8) is 0 Å². The molecule has 0 fully saturated rings. The molecule has 0 radical (unpaired) electrons. The number of hydrogen-bond acceptors (Lipinski definition) is 1. The summed E-state index contributed by atoms with van der Waals surface area (Å²) in [6.07, 6.45) is 7.20. The quantitative estimate of drug-likeness (QED) is 0.674. The van der Waals surface area contributed by atoms with E-state index in [1.807, 2.05) is 43.3 Å². The highest BCUT2D eigenvalue weighted by atomic mass is 16.1. The van der Waals surface area contributed by atoms with Gasteiger partial charge in [-0.25, -0.2) is 0 Å². The molecule has 0 aromatic heterocycles. The molecule has 0 saturated carbocycles. The molecule has 74 valence electrons. The van der Waals surface area contributed by atoms with E-state index in [0.29, 0.717) is 0 Å². The molecule has 0 amide bonds. The molecule has 0 saturated heterocycles. The SMILES string of the molecule is CC1=CC(=O)C=CC1=Cc1ccccc1. The first-order chi connectivity index (χ1) is 7.25. The van der Waals surface area contributed by atoms with Gasteiger partial charge in [0.2, 0.25) is 0 Å². The van der Waals surface area contributed by atoms with Crippen molar-refractivity contribution in [2.45, 2.75) is 6.92 Å². The highest BCUT2D eigenvalue weighted by Crippen LogP contribution is 2.18. The summed E-state index contributed by atoms with van der Waals surface area (Å²) < 4.78 is 0. The second-order valence-corrected chi connectivity index (χ2v) is 3.57. The summed E-state index contributed by atoms with van der Waals surface area (Å²) in [5.41, 5.74) is 3.27. The number of allylic oxidation sites excluding steroid dienone is 5. The second kappa shape index (κ2) is 4.09. The first-order valence-corrected chi connectivity index (χ1v) is 4.93. The fraction of sp³-hybridized carbons (Fsp3) is 0.0714. The zero-order valence-electron chi connectivity index (χ0n) is 8.60. The molecule has 1 aromatic rings. The van der Waals surface area contributed by atoms with Crippen LogP contribution in [0.15, 0.2) is 59.7 Å². The van der Waals surface area contributed by atoms with Gasteiger partial charge in [0.1, 0.15) is 0 Å². The van der Waals surface area contributed by atoms with Crippen LogP contribution in [0.3, 0.4) is 0 Å². The van der Waals surface area contributed by atoms with E-state index in [-0.39, 0.29) is 5.78 Å². The van der Waals surface area contributed by atoms with E-state index in [0.717, 1.165) is 16.7 Å². The molecule has 0 unspecified atom stereocenters. The predicted molar refractivity (Wildman–Crippen MR) is 62.3 cm³/mol. The Bertz CT molecular complexity index is 461. The lowest BCUT2D eigenvalue weighted by Crippen LogP contribution is -1.96. The maximum atomic E-state index is 11.1. The third-order valence-corrected chi connectivity index (χ3v) is 2.36. The standard InChI is InChI=1S/C14H12O/c1-11-9-14(15)8-7-13(11)10-12-5-3-2-4-6-12/h2-10H,1H3. The monoisotopic (exact) mass is 196 g/mol. The van der Waals surface area contributed by atoms with Crippen LogP contribution in [0, 0.1) is 0 Å². The molecule has 0 aliphatic heterocycles. The van der Waals surface area contributed by atoms with Gasteiger partial charge in [-0.05, 0) is 41.9 Å². The van der Waals surface area contributed by atoms with E-state index in [4.69, 9.17) is 0 Å². The van der Waals surface area contributed by atoms with Gasteiger partial charge in [0.25, 0.3) is 0 Å². The Hall–Kier alpha value is -1.89. The van der Waals surface area contributed by atoms with Crippen molar-refractivity contribution in [1.29, 1.82) is 0 Å². The van der Waals surface area contributed by atoms with Crippen molar-refractivity contribution < 1.29 is 4.79 Å². The molecule has 0 bridgehead atoms. The zero-order valence-corrected chi connectivity index (χ0v) is 8.60. The van der Waals surface area contributed by atoms with Crippen LogP contribution in [0.1, 0.15) is 12.5 Å². The maximum absolute atomic E-state index is 11.1. The molecule has 0 atom stereocenters. The van der Waals surface area contributed by atoms with Crippen LogP contribution in [0.25, 0.3) is 6.08 Å². The van der Waals surface area contributed by atoms with Crippen LogP contribution >= 0.6 is 0 Å². The first-order valence-electron chi connectivity index (χ1n) is 4.93. The van der Waals surface area contributed by atoms with E-state index in [9.17, 15) is 4.79 Å². The minimum Gasteiger partial charge on any atom is -0.290 e. The molecular formula is C14H12O. The molecule has 15 heavy (non-hydrogen) atoms. The first kappa shape index (κ1) is 9.66. The summed E-state index contributed by atoms with van der Waals surface area (Å²) in [4.78, 5) is 11.1. The van der Waals surface area contributed by atoms with E-state index in [2.05, 4.69) is 6.08 Å². The molecule has 1 aliphatic carbocycles. The van der Waals surface area contributed by atoms with Crippen molar-refractivity contribution in [3.8, 4) is 0 Å². The fourth-order valence-electron chi connectivity index (χ4n) is 1.54. The third kappa shape index (κ3) is 2.32. The number of rotatable bonds is 1. The highest BCUT2D eigenvalue weighted by Gasteiger charge is 2.04. The molecule has 0 heterocycles. The van der Waals surface area contributed by atoms with Crippen LogP contribution in [0.2, 0.25) is 0 Å². The van der Waals surface area contributed by atoms with Crippen LogP contribution in [0.4, 0.5) is 0 Å². The van der Waals surface area contributed by atoms with Crippen molar-refractivity contribution in [1.82, 2.24) is 0 Å². The van der Waals surface area contributed by atoms with E-state index in [1.165, 1.54) is 0 Å². The lowest BCUT2D eigenvalue weighted by Gasteiger charge is -2.06. The van der Waals surface area contributed by atoms with Crippen molar-refractivity contribution in [2.75, 3.05) is 0 Å². The molecule has 1 nitrogen and oxygen atoms in total. The predicted octanol–water partition coefficient (Wildman–Crippen LogP) is 3.16. The summed E-state index contributed by atoms with van der Waals surface area (Å²) in [6.45, 7) is 1.95. The van der Waals surface area contributed by atoms with Gasteiger partial charge in [-0.3, -0.25) is 4.79 Å². The normalized spacial score (nSPS) is 18.1. The Balaban J connectivity index is 2.33. The van der Waals surface area contributed by atoms with Crippen LogP contribution < -0.4 is 0 Å². The molecule has 0 spiro atoms. The average molecular weight is 196 g/mol. The molecule has 1 aliphatic rings. The minimum atomic E-state index is 0.0673. The van der Waals surface area contributed by atoms with Gasteiger partial charge in [0.15, 0.2) is 5.78 Å². The second-order valence-electron chi connectivity index (χ2n) is 3.57. The third-order valence-electron chi connectivity index (χ3n) is 2.36. The highest BCUT2D eigenvalue weighted by molar-refractivity contribution is 6.02. The van der Waals surface area contributed by atoms with Gasteiger partial charge >= 0.3 is 0 Å². The van der Waals surface area contributed by atoms with Gasteiger partial charge in [-0.2, -0.15) is 0 Å². The van der Waals surface area contributed by atoms with E-state index >= 15 is 0 Å². The summed E-state index contributed by atoms with van der Waals surface area (Å²) >= 11 is 0. The number of hydrogen-bond donors (Lipinski definition) is 0. The number of carbonyl (C=O) groups is 1. The molecular weight excluding hydrogens is 184 g/mol. The van der Waals surface area contributed by atoms with E-state index < -0.39 is 0 Å². The zero-order chi connectivity index (χ0) is 10.7. The van der Waals surface area contributed by atoms with Crippen LogP contribution in [-0.4, -0.2) is 5.78 Å². The smallest absolute Gasteiger partial charge is 0.178 e. The van der Waals surface area contributed by atoms with Crippen LogP contribution in [-0.2, 0) is 4.79 Å². The van der Waals surface area contributed by atoms with Crippen molar-refractivity contribution in [3.05, 3.63) is 65.3 Å². The van der Waals surface area contributed by atoms with Gasteiger partial charge < -0.3 is 0 Å². The van der Waals surface area contributed by atoms with Gasteiger partial charge in [-0.15, -0.1) is 0 Å². The fourth-order valence-corrected chi connectivity index (χ4v) is 1.54. The van der Waals surface area contributed by atoms with E-state index in [1.54, 1.807) is 12.2 Å². The maximum Gasteiger partial charge on any atom is 0.178 e. The Morgan fingerprint density at radius 2 is 1.80 bits per heavy atom. The number of ketones is 1. The summed E-state index contributed by atoms with van der Waals surface area (Å²) in [5.74, 6) is 0.0673. The van der Waals surface area contributed by atoms with Crippen molar-refractivity contribution in [2.24, 2.45) is 0 Å². The average Bonchev–Trinajstić information content (AvgIpc) is 2.24. The lowest BCUT2D eigenvalue weighted by atomic mass is 9.98. The lowest BCUT2D eigenvalue weighted by molar-refractivity contribution is -0.110. The summed E-state index contributed by atoms with van der Waals surface area (Å²) in [6, 6.07) is 10.1.